The number of halogens is 1. The van der Waals surface area contributed by atoms with Crippen molar-refractivity contribution < 1.29 is 17.0 Å². The Bertz CT molecular complexity index is 237. The van der Waals surface area contributed by atoms with Crippen LogP contribution in [-0.2, 0) is 15.0 Å². The summed E-state index contributed by atoms with van der Waals surface area (Å²) in [5, 5.41) is -0.919. The van der Waals surface area contributed by atoms with Crippen LogP contribution in [0, 0.1) is 0 Å². The second-order valence-corrected chi connectivity index (χ2v) is 4.50. The first kappa shape index (κ1) is 9.92. The number of hydrogen-bond acceptors (Lipinski definition) is 3. The third-order valence-corrected chi connectivity index (χ3v) is 3.40. The van der Waals surface area contributed by atoms with E-state index in [1.807, 2.05) is 0 Å². The molecule has 0 unspecified atom stereocenters. The van der Waals surface area contributed by atoms with Crippen LogP contribution < -0.4 is 0 Å². The van der Waals surface area contributed by atoms with Crippen LogP contribution in [0.15, 0.2) is 0 Å². The molecule has 0 amide bonds. The molecular formula is C7H13FO3S. The Balaban J connectivity index is 2.64. The topological polar surface area (TPSA) is 43.4 Å². The molecule has 72 valence electrons. The maximum Gasteiger partial charge on any atom is 0.307 e. The zero-order chi connectivity index (χ0) is 9.19. The number of rotatable bonds is 3. The van der Waals surface area contributed by atoms with Gasteiger partial charge < -0.3 is 4.74 Å². The molecule has 5 heteroatoms. The van der Waals surface area contributed by atoms with Crippen LogP contribution in [0.1, 0.15) is 26.2 Å². The van der Waals surface area contributed by atoms with Gasteiger partial charge in [-0.15, -0.1) is 3.89 Å². The molecule has 1 aliphatic carbocycles. The van der Waals surface area contributed by atoms with Crippen LogP contribution in [0.3, 0.4) is 0 Å². The zero-order valence-corrected chi connectivity index (χ0v) is 7.81. The molecule has 12 heavy (non-hydrogen) atoms. The van der Waals surface area contributed by atoms with Gasteiger partial charge in [0.1, 0.15) is 5.25 Å². The highest BCUT2D eigenvalue weighted by molar-refractivity contribution is 7.87. The van der Waals surface area contributed by atoms with E-state index in [-0.39, 0.29) is 0 Å². The quantitative estimate of drug-likeness (QED) is 0.638. The summed E-state index contributed by atoms with van der Waals surface area (Å²) < 4.78 is 38.8. The van der Waals surface area contributed by atoms with Gasteiger partial charge >= 0.3 is 10.2 Å². The van der Waals surface area contributed by atoms with E-state index in [2.05, 4.69) is 0 Å². The molecule has 1 saturated carbocycles. The first-order valence-electron chi connectivity index (χ1n) is 4.10. The Kier molecular flexibility index (Phi) is 3.06. The Morgan fingerprint density at radius 3 is 2.67 bits per heavy atom. The number of ether oxygens (including phenoxy) is 1. The molecule has 0 radical (unpaired) electrons. The van der Waals surface area contributed by atoms with Gasteiger partial charge in [0.2, 0.25) is 0 Å². The molecule has 0 N–H and O–H groups in total. The van der Waals surface area contributed by atoms with Crippen LogP contribution >= 0.6 is 0 Å². The molecular weight excluding hydrogens is 183 g/mol. The van der Waals surface area contributed by atoms with Crippen LogP contribution in [0.25, 0.3) is 0 Å². The van der Waals surface area contributed by atoms with Crippen molar-refractivity contribution in [3.63, 3.8) is 0 Å². The molecule has 0 aromatic rings. The summed E-state index contributed by atoms with van der Waals surface area (Å²) in [7, 11) is -4.40. The maximum atomic E-state index is 12.6. The van der Waals surface area contributed by atoms with Gasteiger partial charge in [-0.1, -0.05) is 0 Å². The van der Waals surface area contributed by atoms with Crippen molar-refractivity contribution in [3.05, 3.63) is 0 Å². The molecule has 1 rings (SSSR count). The highest BCUT2D eigenvalue weighted by atomic mass is 32.3. The standard InChI is InChI=1S/C7H13FO3S/c1-2-11-6-4-3-5-7(6)12(8,9)10/h6-7H,2-5H2,1H3/t6-,7+/m1/s1. The monoisotopic (exact) mass is 196 g/mol. The van der Waals surface area contributed by atoms with Gasteiger partial charge in [0.25, 0.3) is 0 Å². The highest BCUT2D eigenvalue weighted by Crippen LogP contribution is 2.28. The molecule has 1 aliphatic rings. The third-order valence-electron chi connectivity index (χ3n) is 2.13. The van der Waals surface area contributed by atoms with E-state index in [1.165, 1.54) is 0 Å². The molecule has 2 atom stereocenters. The molecule has 3 nitrogen and oxygen atoms in total. The largest absolute Gasteiger partial charge is 0.377 e. The molecule has 0 saturated heterocycles. The summed E-state index contributed by atoms with van der Waals surface area (Å²) in [5.41, 5.74) is 0. The lowest BCUT2D eigenvalue weighted by Crippen LogP contribution is -2.28. The second-order valence-electron chi connectivity index (χ2n) is 2.94. The van der Waals surface area contributed by atoms with Gasteiger partial charge in [0.15, 0.2) is 0 Å². The van der Waals surface area contributed by atoms with Crippen LogP contribution in [-0.4, -0.2) is 26.4 Å². The minimum Gasteiger partial charge on any atom is -0.377 e. The lowest BCUT2D eigenvalue weighted by Gasteiger charge is -2.15. The van der Waals surface area contributed by atoms with Gasteiger partial charge in [-0.05, 0) is 26.2 Å². The van der Waals surface area contributed by atoms with Crippen molar-refractivity contribution in [3.8, 4) is 0 Å². The molecule has 0 aromatic carbocycles. The summed E-state index contributed by atoms with van der Waals surface area (Å²) in [6.07, 6.45) is 1.36. The molecule has 1 fully saturated rings. The van der Waals surface area contributed by atoms with Crippen LogP contribution in [0.2, 0.25) is 0 Å². The minimum atomic E-state index is -4.40. The molecule has 0 aliphatic heterocycles. The lowest BCUT2D eigenvalue weighted by atomic mass is 10.3. The molecule has 0 heterocycles. The van der Waals surface area contributed by atoms with Crippen molar-refractivity contribution in [1.82, 2.24) is 0 Å². The average molecular weight is 196 g/mol. The average Bonchev–Trinajstić information content (AvgIpc) is 2.34. The van der Waals surface area contributed by atoms with Crippen molar-refractivity contribution in [1.29, 1.82) is 0 Å². The first-order valence-corrected chi connectivity index (χ1v) is 5.55. The van der Waals surface area contributed by atoms with E-state index in [1.54, 1.807) is 6.92 Å². The van der Waals surface area contributed by atoms with E-state index in [0.29, 0.717) is 19.4 Å². The van der Waals surface area contributed by atoms with E-state index in [9.17, 15) is 12.3 Å². The third kappa shape index (κ3) is 2.17. The Hall–Kier alpha value is -0.160. The van der Waals surface area contributed by atoms with Crippen molar-refractivity contribution in [2.24, 2.45) is 0 Å². The summed E-state index contributed by atoms with van der Waals surface area (Å²) in [5.74, 6) is 0. The predicted octanol–water partition coefficient (Wildman–Crippen LogP) is 1.24. The Labute approximate surface area is 72.1 Å². The fourth-order valence-corrected chi connectivity index (χ4v) is 2.64. The van der Waals surface area contributed by atoms with Gasteiger partial charge in [-0.3, -0.25) is 0 Å². The summed E-state index contributed by atoms with van der Waals surface area (Å²) in [6.45, 7) is 2.22. The van der Waals surface area contributed by atoms with Crippen molar-refractivity contribution in [2.45, 2.75) is 37.5 Å². The summed E-state index contributed by atoms with van der Waals surface area (Å²) in [6, 6.07) is 0. The van der Waals surface area contributed by atoms with E-state index < -0.39 is 21.6 Å². The van der Waals surface area contributed by atoms with E-state index >= 15 is 0 Å². The van der Waals surface area contributed by atoms with Gasteiger partial charge in [-0.2, -0.15) is 8.42 Å². The first-order chi connectivity index (χ1) is 5.55. The lowest BCUT2D eigenvalue weighted by molar-refractivity contribution is 0.0696. The minimum absolute atomic E-state index is 0.392. The fourth-order valence-electron chi connectivity index (χ4n) is 1.62. The second kappa shape index (κ2) is 3.70. The summed E-state index contributed by atoms with van der Waals surface area (Å²) >= 11 is 0. The van der Waals surface area contributed by atoms with Crippen LogP contribution in [0.4, 0.5) is 3.89 Å². The van der Waals surface area contributed by atoms with Gasteiger partial charge in [0.05, 0.1) is 6.10 Å². The molecule has 0 bridgehead atoms. The normalized spacial score (nSPS) is 30.8. The number of hydrogen-bond donors (Lipinski definition) is 0. The SMILES string of the molecule is CCO[C@@H]1CCC[C@@H]1S(=O)(=O)F. The Morgan fingerprint density at radius 2 is 2.17 bits per heavy atom. The fraction of sp³-hybridized carbons (Fsp3) is 1.00. The maximum absolute atomic E-state index is 12.6. The smallest absolute Gasteiger partial charge is 0.307 e. The van der Waals surface area contributed by atoms with Gasteiger partial charge in [-0.25, -0.2) is 0 Å². The van der Waals surface area contributed by atoms with Crippen LogP contribution in [0.5, 0.6) is 0 Å². The predicted molar refractivity (Wildman–Crippen MR) is 43.1 cm³/mol. The van der Waals surface area contributed by atoms with Gasteiger partial charge in [0, 0.05) is 6.61 Å². The van der Waals surface area contributed by atoms with E-state index in [0.717, 1.165) is 6.42 Å². The summed E-state index contributed by atoms with van der Waals surface area (Å²) in [4.78, 5) is 0. The highest BCUT2D eigenvalue weighted by Gasteiger charge is 2.37. The molecule has 0 spiro atoms. The Morgan fingerprint density at radius 1 is 1.50 bits per heavy atom. The zero-order valence-electron chi connectivity index (χ0n) is 6.99. The van der Waals surface area contributed by atoms with Crippen molar-refractivity contribution >= 4 is 10.2 Å². The van der Waals surface area contributed by atoms with Crippen molar-refractivity contribution in [2.75, 3.05) is 6.61 Å². The molecule has 0 aromatic heterocycles. The van der Waals surface area contributed by atoms with E-state index in [4.69, 9.17) is 4.74 Å².